The third-order valence-corrected chi connectivity index (χ3v) is 10.4. The Labute approximate surface area is 258 Å². The van der Waals surface area contributed by atoms with E-state index in [0.29, 0.717) is 0 Å². The number of aliphatic hydroxyl groups is 1. The summed E-state index contributed by atoms with van der Waals surface area (Å²) in [7, 11) is 0. The van der Waals surface area contributed by atoms with Crippen molar-refractivity contribution in [2.45, 2.75) is 49.1 Å². The highest BCUT2D eigenvalue weighted by atomic mass is 32.5. The number of rotatable bonds is 2. The van der Waals surface area contributed by atoms with Gasteiger partial charge in [-0.05, 0) is 23.6 Å². The molecule has 7 heterocycles. The summed E-state index contributed by atoms with van der Waals surface area (Å²) in [5.74, 6) is -0.233. The molecular formula is C20H22FN9O11P2S2. The van der Waals surface area contributed by atoms with Crippen LogP contribution in [0.1, 0.15) is 12.5 Å². The first kappa shape index (κ1) is 31.0. The molecule has 7 N–H and O–H groups in total. The number of nitrogens with zero attached hydrogens (tertiary/aromatic N) is 6. The van der Waals surface area contributed by atoms with Crippen LogP contribution in [0.3, 0.4) is 0 Å². The lowest BCUT2D eigenvalue weighted by molar-refractivity contribution is -0.0602. The van der Waals surface area contributed by atoms with Gasteiger partial charge < -0.3 is 44.1 Å². The van der Waals surface area contributed by atoms with E-state index in [9.17, 15) is 24.5 Å². The fourth-order valence-corrected chi connectivity index (χ4v) is 8.10. The minimum absolute atomic E-state index is 0.00423. The number of alkyl halides is 1. The second-order valence-corrected chi connectivity index (χ2v) is 15.6. The highest BCUT2D eigenvalue weighted by Crippen LogP contribution is 2.54. The molecule has 7 rings (SSSR count). The normalized spacial score (nSPS) is 37.7. The van der Waals surface area contributed by atoms with E-state index < -0.39 is 86.9 Å². The highest BCUT2D eigenvalue weighted by molar-refractivity contribution is 8.07. The van der Waals surface area contributed by atoms with Crippen molar-refractivity contribution in [1.29, 1.82) is 0 Å². The summed E-state index contributed by atoms with van der Waals surface area (Å²) < 4.78 is 52.3. The van der Waals surface area contributed by atoms with E-state index in [-0.39, 0.29) is 28.3 Å². The van der Waals surface area contributed by atoms with Gasteiger partial charge in [0.15, 0.2) is 41.0 Å². The van der Waals surface area contributed by atoms with Crippen LogP contribution < -0.4 is 16.9 Å². The largest absolute Gasteiger partial charge is 0.387 e. The first-order valence-electron chi connectivity index (χ1n) is 12.9. The Morgan fingerprint density at radius 3 is 2.22 bits per heavy atom. The van der Waals surface area contributed by atoms with Crippen LogP contribution in [0.15, 0.2) is 28.6 Å². The molecule has 0 saturated carbocycles. The molecule has 4 aromatic rings. The summed E-state index contributed by atoms with van der Waals surface area (Å²) in [6.07, 6.45) is -8.82. The molecule has 45 heavy (non-hydrogen) atoms. The van der Waals surface area contributed by atoms with Crippen molar-refractivity contribution in [2.75, 3.05) is 18.9 Å². The van der Waals surface area contributed by atoms with Crippen molar-refractivity contribution in [2.24, 2.45) is 0 Å². The summed E-state index contributed by atoms with van der Waals surface area (Å²) in [4.78, 5) is 67.1. The van der Waals surface area contributed by atoms with Crippen LogP contribution >= 0.6 is 13.4 Å². The average molecular weight is 710 g/mol. The maximum Gasteiger partial charge on any atom is 0.325 e. The van der Waals surface area contributed by atoms with Crippen LogP contribution in [0.5, 0.6) is 0 Å². The minimum Gasteiger partial charge on any atom is -0.387 e. The lowest BCUT2D eigenvalue weighted by Crippen LogP contribution is -2.35. The molecule has 2 bridgehead atoms. The van der Waals surface area contributed by atoms with E-state index in [1.807, 2.05) is 0 Å². The highest BCUT2D eigenvalue weighted by Gasteiger charge is 2.53. The van der Waals surface area contributed by atoms with Gasteiger partial charge >= 0.3 is 13.4 Å². The number of aromatic amines is 2. The number of fused-ring (bicyclic) bond motifs is 5. The Bertz CT molecular complexity index is 2010. The van der Waals surface area contributed by atoms with Crippen LogP contribution in [0.25, 0.3) is 22.3 Å². The Morgan fingerprint density at radius 1 is 0.911 bits per heavy atom. The maximum absolute atomic E-state index is 16.0. The first-order chi connectivity index (χ1) is 21.3. The van der Waals surface area contributed by atoms with Crippen molar-refractivity contribution < 1.29 is 46.9 Å². The summed E-state index contributed by atoms with van der Waals surface area (Å²) in [5.41, 5.74) is 4.23. The van der Waals surface area contributed by atoms with Gasteiger partial charge in [0.05, 0.1) is 32.2 Å². The zero-order chi connectivity index (χ0) is 31.8. The third-order valence-electron chi connectivity index (χ3n) is 7.26. The van der Waals surface area contributed by atoms with E-state index in [1.54, 1.807) is 0 Å². The molecule has 0 aliphatic carbocycles. The van der Waals surface area contributed by atoms with Gasteiger partial charge in [-0.3, -0.25) is 32.8 Å². The van der Waals surface area contributed by atoms with Gasteiger partial charge in [-0.25, -0.2) is 19.3 Å². The van der Waals surface area contributed by atoms with E-state index >= 15 is 4.39 Å². The number of ether oxygens (including phenoxy) is 2. The predicted molar refractivity (Wildman–Crippen MR) is 154 cm³/mol. The number of nitrogens with one attached hydrogen (secondary N) is 2. The summed E-state index contributed by atoms with van der Waals surface area (Å²) in [5, 5.41) is 11.1. The van der Waals surface area contributed by atoms with Crippen LogP contribution in [-0.4, -0.2) is 104 Å². The molecular weight excluding hydrogens is 687 g/mol. The number of H-pyrrole nitrogens is 2. The number of imidazole rings is 2. The standard InChI is InChI=1S/C20H22FN9O11P2S2/c21-8-12-7(39-18(8)29-4-25-9-14(29)23-3-24-16(9)32)2-37-43(35,45)41-13-11(31)6(1-36-42(34,44)40-12)38-19(13)30-5-26-10-15(30)27-20(22)28-17(10)33/h3-8,11-13,18-19,31H,1-2H2,(H,34,44)(H,35,45)(H,23,24,32)(H3,22,27,28,33)/t6-,7-,8+,11-,12-,13-,18-,19-,42?,43?/m1/s1. The predicted octanol–water partition coefficient (Wildman–Crippen LogP) is -1.42. The molecule has 10 atom stereocenters. The van der Waals surface area contributed by atoms with Crippen molar-refractivity contribution in [3.63, 3.8) is 0 Å². The van der Waals surface area contributed by atoms with Gasteiger partial charge in [0.1, 0.15) is 30.5 Å². The zero-order valence-corrected chi connectivity index (χ0v) is 25.6. The molecule has 3 fully saturated rings. The topological polar surface area (TPSA) is 269 Å². The molecule has 20 nitrogen and oxygen atoms in total. The number of anilines is 1. The molecule has 0 spiro atoms. The number of nitrogen functional groups attached to an aromatic ring is 1. The average Bonchev–Trinajstić information content (AvgIpc) is 3.72. The third kappa shape index (κ3) is 5.56. The minimum atomic E-state index is -4.29. The fourth-order valence-electron chi connectivity index (χ4n) is 5.25. The molecule has 2 unspecified atom stereocenters. The monoisotopic (exact) mass is 709 g/mol. The summed E-state index contributed by atoms with van der Waals surface area (Å²) in [6.45, 7) is -9.82. The second-order valence-electron chi connectivity index (χ2n) is 10.1. The van der Waals surface area contributed by atoms with E-state index in [0.717, 1.165) is 17.2 Å². The lowest BCUT2D eigenvalue weighted by Gasteiger charge is -2.27. The first-order valence-corrected chi connectivity index (χ1v) is 18.1. The second kappa shape index (κ2) is 11.3. The van der Waals surface area contributed by atoms with Crippen LogP contribution in [0.2, 0.25) is 0 Å². The molecule has 3 aliphatic heterocycles. The van der Waals surface area contributed by atoms with Gasteiger partial charge in [-0.15, -0.1) is 0 Å². The maximum atomic E-state index is 16.0. The number of aliphatic hydroxyl groups excluding tert-OH is 1. The van der Waals surface area contributed by atoms with Gasteiger partial charge in [-0.2, -0.15) is 4.98 Å². The van der Waals surface area contributed by atoms with E-state index in [1.165, 1.54) is 10.9 Å². The molecule has 3 aliphatic rings. The number of hydrogen-bond acceptors (Lipinski definition) is 16. The molecule has 242 valence electrons. The van der Waals surface area contributed by atoms with Gasteiger partial charge in [-0.1, -0.05) is 0 Å². The van der Waals surface area contributed by atoms with Gasteiger partial charge in [0.2, 0.25) is 5.95 Å². The van der Waals surface area contributed by atoms with Crippen LogP contribution in [0.4, 0.5) is 10.3 Å². The molecule has 4 aromatic heterocycles. The van der Waals surface area contributed by atoms with Gasteiger partial charge in [0.25, 0.3) is 11.1 Å². The zero-order valence-electron chi connectivity index (χ0n) is 22.2. The van der Waals surface area contributed by atoms with Crippen molar-refractivity contribution in [3.8, 4) is 0 Å². The molecule has 0 radical (unpaired) electrons. The lowest BCUT2D eigenvalue weighted by atomic mass is 10.1. The van der Waals surface area contributed by atoms with Crippen molar-refractivity contribution in [1.82, 2.24) is 39.0 Å². The molecule has 0 amide bonds. The van der Waals surface area contributed by atoms with Crippen LogP contribution in [0, 0.1) is 0 Å². The SMILES string of the molecule is Nc1nc2c(ncn2[C@@H]2O[C@@H]3COP(O)(=S)O[C@H]4[C@H](F)[C@H](n5cnc6c(=O)[nH]cnc65)O[C@@H]4COP(O)(=S)O[C@@H]2[C@@H]3O)c(=O)[nH]1. The summed E-state index contributed by atoms with van der Waals surface area (Å²) >= 11 is 10.3. The van der Waals surface area contributed by atoms with Crippen molar-refractivity contribution >= 4 is 65.3 Å². The van der Waals surface area contributed by atoms with Gasteiger partial charge in [0, 0.05) is 0 Å². The Kier molecular flexibility index (Phi) is 7.76. The Morgan fingerprint density at radius 2 is 1.51 bits per heavy atom. The number of hydrogen-bond donors (Lipinski definition) is 6. The van der Waals surface area contributed by atoms with Crippen molar-refractivity contribution in [3.05, 3.63) is 39.7 Å². The fraction of sp³-hybridized carbons (Fsp3) is 0.500. The smallest absolute Gasteiger partial charge is 0.325 e. The Balaban J connectivity index is 1.21. The quantitative estimate of drug-likeness (QED) is 0.130. The molecule has 25 heteroatoms. The van der Waals surface area contributed by atoms with E-state index in [4.69, 9.17) is 56.9 Å². The molecule has 0 aromatic carbocycles. The number of aromatic nitrogens is 8. The Hall–Kier alpha value is -2.63. The van der Waals surface area contributed by atoms with E-state index in [2.05, 4.69) is 29.9 Å². The number of nitrogens with two attached hydrogens (primary N) is 1. The number of halogens is 1. The molecule has 3 saturated heterocycles. The van der Waals surface area contributed by atoms with Crippen LogP contribution in [-0.2, 0) is 51.2 Å². The summed E-state index contributed by atoms with van der Waals surface area (Å²) in [6, 6.07) is 0.